The zero-order chi connectivity index (χ0) is 16.3. The second-order valence-electron chi connectivity index (χ2n) is 5.40. The van der Waals surface area contributed by atoms with Crippen molar-refractivity contribution >= 4 is 15.9 Å². The summed E-state index contributed by atoms with van der Waals surface area (Å²) in [6.07, 6.45) is 0. The summed E-state index contributed by atoms with van der Waals surface area (Å²) in [7, 11) is -3.76. The second-order valence-corrected chi connectivity index (χ2v) is 6.96. The van der Waals surface area contributed by atoms with E-state index < -0.39 is 15.6 Å². The molecule has 1 amide bonds. The molecule has 0 aliphatic heterocycles. The Morgan fingerprint density at radius 2 is 2.00 bits per heavy atom. The van der Waals surface area contributed by atoms with Crippen LogP contribution in [0.5, 0.6) is 0 Å². The SMILES string of the molecule is CCOC(C)(C)CNC(=O)c1ccc(S(N)(=O)=O)cc1C. The minimum Gasteiger partial charge on any atom is -0.374 e. The first-order valence-electron chi connectivity index (χ1n) is 6.62. The molecule has 0 saturated carbocycles. The lowest BCUT2D eigenvalue weighted by Gasteiger charge is -2.25. The predicted octanol–water partition coefficient (Wildman–Crippen LogP) is 1.19. The average molecular weight is 314 g/mol. The maximum absolute atomic E-state index is 12.1. The van der Waals surface area contributed by atoms with Crippen molar-refractivity contribution in [3.63, 3.8) is 0 Å². The molecule has 1 rings (SSSR count). The Morgan fingerprint density at radius 1 is 1.38 bits per heavy atom. The Balaban J connectivity index is 2.85. The van der Waals surface area contributed by atoms with Crippen LogP contribution < -0.4 is 10.5 Å². The van der Waals surface area contributed by atoms with E-state index >= 15 is 0 Å². The van der Waals surface area contributed by atoms with Crippen LogP contribution in [0.2, 0.25) is 0 Å². The molecule has 0 atom stereocenters. The quantitative estimate of drug-likeness (QED) is 0.824. The van der Waals surface area contributed by atoms with Gasteiger partial charge in [-0.05, 0) is 51.5 Å². The zero-order valence-corrected chi connectivity index (χ0v) is 13.6. The number of carbonyl (C=O) groups excluding carboxylic acids is 1. The molecule has 0 aliphatic rings. The Hall–Kier alpha value is -1.44. The van der Waals surface area contributed by atoms with E-state index in [-0.39, 0.29) is 10.8 Å². The summed E-state index contributed by atoms with van der Waals surface area (Å²) < 4.78 is 28.0. The lowest BCUT2D eigenvalue weighted by atomic mass is 10.1. The fraction of sp³-hybridized carbons (Fsp3) is 0.500. The van der Waals surface area contributed by atoms with Crippen molar-refractivity contribution < 1.29 is 17.9 Å². The van der Waals surface area contributed by atoms with Gasteiger partial charge in [-0.1, -0.05) is 0 Å². The van der Waals surface area contributed by atoms with Gasteiger partial charge in [-0.15, -0.1) is 0 Å². The maximum atomic E-state index is 12.1. The minimum atomic E-state index is -3.76. The van der Waals surface area contributed by atoms with Gasteiger partial charge in [0.1, 0.15) is 0 Å². The third-order valence-corrected chi connectivity index (χ3v) is 3.89. The van der Waals surface area contributed by atoms with Gasteiger partial charge in [0.25, 0.3) is 5.91 Å². The van der Waals surface area contributed by atoms with Crippen LogP contribution in [0.3, 0.4) is 0 Å². The zero-order valence-electron chi connectivity index (χ0n) is 12.8. The number of nitrogens with two attached hydrogens (primary N) is 1. The Bertz CT molecular complexity index is 624. The molecular formula is C14H22N2O4S. The summed E-state index contributed by atoms with van der Waals surface area (Å²) in [6.45, 7) is 8.24. The number of sulfonamides is 1. The van der Waals surface area contributed by atoms with Gasteiger partial charge in [0.15, 0.2) is 0 Å². The Labute approximate surface area is 125 Å². The van der Waals surface area contributed by atoms with Gasteiger partial charge in [-0.25, -0.2) is 13.6 Å². The molecule has 1 aromatic carbocycles. The molecule has 3 N–H and O–H groups in total. The van der Waals surface area contributed by atoms with Gasteiger partial charge in [0.2, 0.25) is 10.0 Å². The molecule has 0 aliphatic carbocycles. The number of nitrogens with one attached hydrogen (secondary N) is 1. The van der Waals surface area contributed by atoms with E-state index in [0.29, 0.717) is 24.3 Å². The molecule has 0 heterocycles. The van der Waals surface area contributed by atoms with Crippen molar-refractivity contribution in [2.24, 2.45) is 5.14 Å². The highest BCUT2D eigenvalue weighted by atomic mass is 32.2. The van der Waals surface area contributed by atoms with Crippen molar-refractivity contribution in [3.05, 3.63) is 29.3 Å². The van der Waals surface area contributed by atoms with E-state index in [2.05, 4.69) is 5.32 Å². The summed E-state index contributed by atoms with van der Waals surface area (Å²) in [6, 6.07) is 4.17. The van der Waals surface area contributed by atoms with E-state index in [1.165, 1.54) is 18.2 Å². The summed E-state index contributed by atoms with van der Waals surface area (Å²) in [5, 5.41) is 7.83. The van der Waals surface area contributed by atoms with Crippen LogP contribution >= 0.6 is 0 Å². The second kappa shape index (κ2) is 6.55. The molecule has 0 fully saturated rings. The van der Waals surface area contributed by atoms with E-state index in [0.717, 1.165) is 0 Å². The normalized spacial score (nSPS) is 12.2. The first-order chi connectivity index (χ1) is 9.57. The fourth-order valence-corrected chi connectivity index (χ4v) is 2.50. The van der Waals surface area contributed by atoms with Gasteiger partial charge >= 0.3 is 0 Å². The molecule has 21 heavy (non-hydrogen) atoms. The molecule has 0 unspecified atom stereocenters. The summed E-state index contributed by atoms with van der Waals surface area (Å²) >= 11 is 0. The smallest absolute Gasteiger partial charge is 0.251 e. The molecule has 1 aromatic rings. The Kier molecular flexibility index (Phi) is 5.49. The number of ether oxygens (including phenoxy) is 1. The number of aryl methyl sites for hydroxylation is 1. The number of hydrogen-bond donors (Lipinski definition) is 2. The number of hydrogen-bond acceptors (Lipinski definition) is 4. The van der Waals surface area contributed by atoms with Crippen LogP contribution in [0.4, 0.5) is 0 Å². The monoisotopic (exact) mass is 314 g/mol. The lowest BCUT2D eigenvalue weighted by molar-refractivity contribution is -0.00816. The van der Waals surface area contributed by atoms with Crippen LogP contribution in [-0.4, -0.2) is 33.1 Å². The molecular weight excluding hydrogens is 292 g/mol. The van der Waals surface area contributed by atoms with Crippen molar-refractivity contribution in [2.75, 3.05) is 13.2 Å². The van der Waals surface area contributed by atoms with Crippen LogP contribution in [0.25, 0.3) is 0 Å². The van der Waals surface area contributed by atoms with E-state index in [9.17, 15) is 13.2 Å². The van der Waals surface area contributed by atoms with Gasteiger partial charge < -0.3 is 10.1 Å². The maximum Gasteiger partial charge on any atom is 0.251 e. The predicted molar refractivity (Wildman–Crippen MR) is 80.6 cm³/mol. The summed E-state index contributed by atoms with van der Waals surface area (Å²) in [4.78, 5) is 12.1. The van der Waals surface area contributed by atoms with Crippen molar-refractivity contribution in [2.45, 2.75) is 38.2 Å². The number of benzene rings is 1. The highest BCUT2D eigenvalue weighted by Gasteiger charge is 2.20. The van der Waals surface area contributed by atoms with Crippen LogP contribution in [-0.2, 0) is 14.8 Å². The summed E-state index contributed by atoms with van der Waals surface area (Å²) in [5.74, 6) is -0.277. The van der Waals surface area contributed by atoms with Crippen LogP contribution in [0.1, 0.15) is 36.7 Å². The van der Waals surface area contributed by atoms with Crippen molar-refractivity contribution in [3.8, 4) is 0 Å². The first-order valence-corrected chi connectivity index (χ1v) is 8.17. The highest BCUT2D eigenvalue weighted by Crippen LogP contribution is 2.15. The van der Waals surface area contributed by atoms with Gasteiger partial charge in [-0.3, -0.25) is 4.79 Å². The van der Waals surface area contributed by atoms with Gasteiger partial charge in [0.05, 0.1) is 10.5 Å². The van der Waals surface area contributed by atoms with Crippen molar-refractivity contribution in [1.82, 2.24) is 5.32 Å². The van der Waals surface area contributed by atoms with Gasteiger partial charge in [0, 0.05) is 18.7 Å². The standard InChI is InChI=1S/C14H22N2O4S/c1-5-20-14(3,4)9-16-13(17)12-7-6-11(8-10(12)2)21(15,18)19/h6-8H,5,9H2,1-4H3,(H,16,17)(H2,15,18,19). The van der Waals surface area contributed by atoms with E-state index in [1.807, 2.05) is 20.8 Å². The molecule has 0 radical (unpaired) electrons. The number of amides is 1. The lowest BCUT2D eigenvalue weighted by Crippen LogP contribution is -2.40. The molecule has 7 heteroatoms. The van der Waals surface area contributed by atoms with Crippen LogP contribution in [0, 0.1) is 6.92 Å². The Morgan fingerprint density at radius 3 is 2.48 bits per heavy atom. The fourth-order valence-electron chi connectivity index (χ4n) is 1.90. The van der Waals surface area contributed by atoms with E-state index in [4.69, 9.17) is 9.88 Å². The van der Waals surface area contributed by atoms with Gasteiger partial charge in [-0.2, -0.15) is 0 Å². The first kappa shape index (κ1) is 17.6. The topological polar surface area (TPSA) is 98.5 Å². The average Bonchev–Trinajstić information content (AvgIpc) is 2.35. The minimum absolute atomic E-state index is 0.00815. The largest absolute Gasteiger partial charge is 0.374 e. The molecule has 0 saturated heterocycles. The summed E-state index contributed by atoms with van der Waals surface area (Å²) in [5.41, 5.74) is 0.502. The highest BCUT2D eigenvalue weighted by molar-refractivity contribution is 7.89. The van der Waals surface area contributed by atoms with E-state index in [1.54, 1.807) is 6.92 Å². The van der Waals surface area contributed by atoms with Crippen molar-refractivity contribution in [1.29, 1.82) is 0 Å². The third kappa shape index (κ3) is 5.11. The molecule has 118 valence electrons. The molecule has 0 aromatic heterocycles. The number of rotatable bonds is 6. The molecule has 0 bridgehead atoms. The molecule has 6 nitrogen and oxygen atoms in total. The molecule has 0 spiro atoms. The van der Waals surface area contributed by atoms with Crippen LogP contribution in [0.15, 0.2) is 23.1 Å². The number of carbonyl (C=O) groups is 1. The third-order valence-electron chi connectivity index (χ3n) is 2.98. The number of primary sulfonamides is 1.